The molecule has 0 aromatic rings. The van der Waals surface area contributed by atoms with Crippen LogP contribution in [0, 0.1) is 11.8 Å². The van der Waals surface area contributed by atoms with Gasteiger partial charge in [-0.15, -0.1) is 23.5 Å². The van der Waals surface area contributed by atoms with Crippen molar-refractivity contribution in [3.63, 3.8) is 0 Å². The Kier molecular flexibility index (Phi) is 6.94. The number of hydrogen-bond acceptors (Lipinski definition) is 6. The molecule has 2 saturated heterocycles. The van der Waals surface area contributed by atoms with Crippen LogP contribution in [0.3, 0.4) is 0 Å². The number of nitrogens with one attached hydrogen (secondary N) is 2. The first-order chi connectivity index (χ1) is 12.8. The first-order valence-corrected chi connectivity index (χ1v) is 11.6. The minimum Gasteiger partial charge on any atom is -0.447 e. The molecule has 3 rings (SSSR count). The summed E-state index contributed by atoms with van der Waals surface area (Å²) >= 11 is 2.95. The van der Waals surface area contributed by atoms with Crippen molar-refractivity contribution in [3.05, 3.63) is 0 Å². The van der Waals surface area contributed by atoms with Crippen LogP contribution in [0.15, 0.2) is 0 Å². The van der Waals surface area contributed by atoms with Gasteiger partial charge in [-0.1, -0.05) is 6.42 Å². The number of rotatable bonds is 4. The van der Waals surface area contributed by atoms with Crippen LogP contribution in [0.1, 0.15) is 46.0 Å². The molecule has 27 heavy (non-hydrogen) atoms. The van der Waals surface area contributed by atoms with Crippen LogP contribution < -0.4 is 10.6 Å². The van der Waals surface area contributed by atoms with Gasteiger partial charge < -0.3 is 10.1 Å². The molecule has 0 bridgehead atoms. The molecule has 6 atom stereocenters. The van der Waals surface area contributed by atoms with E-state index in [2.05, 4.69) is 10.6 Å². The van der Waals surface area contributed by atoms with Gasteiger partial charge in [0.2, 0.25) is 11.8 Å². The quantitative estimate of drug-likeness (QED) is 0.730. The molecule has 0 aromatic heterocycles. The van der Waals surface area contributed by atoms with Crippen molar-refractivity contribution >= 4 is 41.4 Å². The summed E-state index contributed by atoms with van der Waals surface area (Å²) in [6, 6.07) is 0. The maximum atomic E-state index is 14.1. The third kappa shape index (κ3) is 5.10. The lowest BCUT2D eigenvalue weighted by Gasteiger charge is -2.27. The third-order valence-electron chi connectivity index (χ3n) is 5.29. The van der Waals surface area contributed by atoms with Crippen molar-refractivity contribution in [3.8, 4) is 0 Å². The number of halogens is 1. The Balaban J connectivity index is 1.52. The van der Waals surface area contributed by atoms with Crippen LogP contribution in [-0.4, -0.2) is 51.8 Å². The highest BCUT2D eigenvalue weighted by Gasteiger charge is 2.45. The van der Waals surface area contributed by atoms with E-state index in [-0.39, 0.29) is 33.8 Å². The molecule has 1 saturated carbocycles. The highest BCUT2D eigenvalue weighted by atomic mass is 32.2. The lowest BCUT2D eigenvalue weighted by molar-refractivity contribution is -0.125. The van der Waals surface area contributed by atoms with Gasteiger partial charge in [0.05, 0.1) is 22.6 Å². The molecule has 3 amide bonds. The molecular weight excluding hydrogens is 391 g/mol. The second-order valence-electron chi connectivity index (χ2n) is 7.67. The second-order valence-corrected chi connectivity index (χ2v) is 10.3. The molecular formula is C18H27FN2O4S2. The number of carbonyl (C=O) groups is 3. The highest BCUT2D eigenvalue weighted by molar-refractivity contribution is 8.01. The number of alkyl halides is 1. The fraction of sp³-hybridized carbons (Fsp3) is 0.833. The predicted molar refractivity (Wildman–Crippen MR) is 104 cm³/mol. The van der Waals surface area contributed by atoms with Crippen molar-refractivity contribution in [1.29, 1.82) is 0 Å². The Morgan fingerprint density at radius 3 is 2.63 bits per heavy atom. The van der Waals surface area contributed by atoms with Gasteiger partial charge >= 0.3 is 6.09 Å². The molecule has 3 aliphatic rings. The summed E-state index contributed by atoms with van der Waals surface area (Å²) < 4.78 is 19.0. The second kappa shape index (κ2) is 9.03. The van der Waals surface area contributed by atoms with E-state index in [1.165, 1.54) is 23.5 Å². The standard InChI is InChI=1S/C18H27FN2O4S2/c1-9(2)25-18(24)21-15(22)11-6-7-26-17(11)20-16(23)13-8-10-4-3-5-12(19)14(10)27-13/h9-14,17H,3-8H2,1-2H3,(H,20,23)(H,21,22,24). The summed E-state index contributed by atoms with van der Waals surface area (Å²) in [5.41, 5.74) is 0. The zero-order chi connectivity index (χ0) is 19.6. The Morgan fingerprint density at radius 2 is 1.93 bits per heavy atom. The van der Waals surface area contributed by atoms with Crippen molar-refractivity contribution in [2.75, 3.05) is 5.75 Å². The number of hydrogen-bond donors (Lipinski definition) is 2. The maximum absolute atomic E-state index is 14.1. The van der Waals surface area contributed by atoms with Crippen molar-refractivity contribution < 1.29 is 23.5 Å². The Morgan fingerprint density at radius 1 is 1.15 bits per heavy atom. The van der Waals surface area contributed by atoms with E-state index in [1.807, 2.05) is 0 Å². The van der Waals surface area contributed by atoms with Gasteiger partial charge in [-0.2, -0.15) is 0 Å². The van der Waals surface area contributed by atoms with Crippen molar-refractivity contribution in [2.24, 2.45) is 11.8 Å². The van der Waals surface area contributed by atoms with E-state index in [0.29, 0.717) is 19.3 Å². The molecule has 2 aliphatic heterocycles. The molecule has 1 aliphatic carbocycles. The Labute approximate surface area is 167 Å². The largest absolute Gasteiger partial charge is 0.447 e. The first-order valence-electron chi connectivity index (χ1n) is 9.58. The van der Waals surface area contributed by atoms with E-state index in [9.17, 15) is 18.8 Å². The number of thioether (sulfide) groups is 2. The lowest BCUT2D eigenvalue weighted by atomic mass is 9.85. The van der Waals surface area contributed by atoms with Crippen molar-refractivity contribution in [1.82, 2.24) is 10.6 Å². The number of fused-ring (bicyclic) bond motifs is 1. The summed E-state index contributed by atoms with van der Waals surface area (Å²) in [7, 11) is 0. The van der Waals surface area contributed by atoms with Crippen molar-refractivity contribution in [2.45, 2.75) is 74.1 Å². The van der Waals surface area contributed by atoms with Crippen LogP contribution in [0.2, 0.25) is 0 Å². The fourth-order valence-electron chi connectivity index (χ4n) is 4.01. The van der Waals surface area contributed by atoms with E-state index in [0.717, 1.165) is 18.6 Å². The normalized spacial score (nSPS) is 35.6. The molecule has 3 fully saturated rings. The van der Waals surface area contributed by atoms with Crippen LogP contribution in [0.25, 0.3) is 0 Å². The number of imide groups is 1. The smallest absolute Gasteiger partial charge is 0.414 e. The van der Waals surface area contributed by atoms with Gasteiger partial charge in [-0.05, 0) is 51.2 Å². The minimum atomic E-state index is -0.821. The number of amides is 3. The maximum Gasteiger partial charge on any atom is 0.414 e. The molecule has 0 radical (unpaired) electrons. The van der Waals surface area contributed by atoms with E-state index in [4.69, 9.17) is 4.74 Å². The Hall–Kier alpha value is -0.960. The summed E-state index contributed by atoms with van der Waals surface area (Å²) in [5.74, 6) is -0.00862. The van der Waals surface area contributed by atoms with Gasteiger partial charge in [0.15, 0.2) is 0 Å². The lowest BCUT2D eigenvalue weighted by Crippen LogP contribution is -2.46. The first kappa shape index (κ1) is 20.8. The summed E-state index contributed by atoms with van der Waals surface area (Å²) in [4.78, 5) is 36.7. The predicted octanol–water partition coefficient (Wildman–Crippen LogP) is 2.86. The third-order valence-corrected chi connectivity index (χ3v) is 8.29. The monoisotopic (exact) mass is 418 g/mol. The molecule has 0 spiro atoms. The molecule has 9 heteroatoms. The zero-order valence-electron chi connectivity index (χ0n) is 15.6. The van der Waals surface area contributed by atoms with Crippen LogP contribution in [0.5, 0.6) is 0 Å². The van der Waals surface area contributed by atoms with E-state index >= 15 is 0 Å². The fourth-order valence-corrected chi connectivity index (χ4v) is 7.05. The Bertz CT molecular complexity index is 592. The number of ether oxygens (including phenoxy) is 1. The summed E-state index contributed by atoms with van der Waals surface area (Å²) in [6.07, 6.45) is 1.87. The van der Waals surface area contributed by atoms with Crippen LogP contribution >= 0.6 is 23.5 Å². The topological polar surface area (TPSA) is 84.5 Å². The van der Waals surface area contributed by atoms with E-state index < -0.39 is 24.1 Å². The molecule has 2 N–H and O–H groups in total. The van der Waals surface area contributed by atoms with Gasteiger partial charge in [0.25, 0.3) is 0 Å². The molecule has 2 heterocycles. The molecule has 152 valence electrons. The van der Waals surface area contributed by atoms with Crippen LogP contribution in [0.4, 0.5) is 9.18 Å². The summed E-state index contributed by atoms with van der Waals surface area (Å²) in [6.45, 7) is 3.41. The van der Waals surface area contributed by atoms with E-state index in [1.54, 1.807) is 13.8 Å². The molecule has 0 aromatic carbocycles. The number of carbonyl (C=O) groups excluding carboxylic acids is 3. The zero-order valence-corrected chi connectivity index (χ0v) is 17.2. The minimum absolute atomic E-state index is 0.0735. The average Bonchev–Trinajstić information content (AvgIpc) is 3.21. The average molecular weight is 419 g/mol. The van der Waals surface area contributed by atoms with Gasteiger partial charge in [-0.3, -0.25) is 14.9 Å². The van der Waals surface area contributed by atoms with Crippen LogP contribution in [-0.2, 0) is 14.3 Å². The molecule has 6 nitrogen and oxygen atoms in total. The SMILES string of the molecule is CC(C)OC(=O)NC(=O)C1CCSC1NC(=O)C1CC2CCCC(F)C2S1. The summed E-state index contributed by atoms with van der Waals surface area (Å²) in [5, 5.41) is 4.51. The van der Waals surface area contributed by atoms with Gasteiger partial charge in [-0.25, -0.2) is 9.18 Å². The number of alkyl carbamates (subject to hydrolysis) is 1. The highest BCUT2D eigenvalue weighted by Crippen LogP contribution is 2.47. The van der Waals surface area contributed by atoms with Gasteiger partial charge in [0, 0.05) is 5.25 Å². The molecule has 6 unspecified atom stereocenters. The van der Waals surface area contributed by atoms with Gasteiger partial charge in [0.1, 0.15) is 6.17 Å².